The Labute approximate surface area is 123 Å². The molecule has 0 heterocycles. The van der Waals surface area contributed by atoms with E-state index in [0.717, 1.165) is 0 Å². The third kappa shape index (κ3) is 4.31. The highest BCUT2D eigenvalue weighted by molar-refractivity contribution is 7.91. The van der Waals surface area contributed by atoms with E-state index in [9.17, 15) is 13.0 Å². The minimum absolute atomic E-state index is 0.161. The Bertz CT molecular complexity index is 604. The monoisotopic (exact) mass is 316 g/mol. The second-order valence-corrected chi connectivity index (χ2v) is 9.07. The zero-order valence-corrected chi connectivity index (χ0v) is 13.9. The van der Waals surface area contributed by atoms with Crippen LogP contribution in [0.25, 0.3) is 0 Å². The van der Waals surface area contributed by atoms with Gasteiger partial charge in [0.05, 0.1) is 10.6 Å². The average molecular weight is 316 g/mol. The van der Waals surface area contributed by atoms with Gasteiger partial charge in [-0.25, -0.2) is 13.1 Å². The van der Waals surface area contributed by atoms with Gasteiger partial charge in [0, 0.05) is 5.56 Å². The number of nitrogens with zero attached hydrogens (tertiary/aromatic N) is 1. The first-order valence-electron chi connectivity index (χ1n) is 6.09. The highest BCUT2D eigenvalue weighted by atomic mass is 32.2. The molecule has 0 spiro atoms. The normalized spacial score (nSPS) is 15.2. The molecule has 0 bridgehead atoms. The lowest BCUT2D eigenvalue weighted by molar-refractivity contribution is 0.561. The number of benzene rings is 1. The molecular formula is C13H20N2O3S2. The minimum Gasteiger partial charge on any atom is -0.591 e. The van der Waals surface area contributed by atoms with Crippen molar-refractivity contribution in [1.82, 2.24) is 4.72 Å². The molecule has 0 aliphatic heterocycles. The summed E-state index contributed by atoms with van der Waals surface area (Å²) in [5.74, 6) is 0. The van der Waals surface area contributed by atoms with Crippen molar-refractivity contribution in [3.05, 3.63) is 29.8 Å². The summed E-state index contributed by atoms with van der Waals surface area (Å²) in [5, 5.41) is 0. The van der Waals surface area contributed by atoms with Crippen molar-refractivity contribution in [2.24, 2.45) is 4.40 Å². The fourth-order valence-corrected chi connectivity index (χ4v) is 2.72. The molecule has 0 radical (unpaired) electrons. The van der Waals surface area contributed by atoms with Crippen LogP contribution in [0.2, 0.25) is 0 Å². The molecule has 0 fully saturated rings. The molecule has 0 aliphatic rings. The molecule has 1 rings (SSSR count). The predicted molar refractivity (Wildman–Crippen MR) is 82.8 cm³/mol. The van der Waals surface area contributed by atoms with E-state index >= 15 is 0 Å². The second-order valence-electron chi connectivity index (χ2n) is 5.27. The Hall–Kier alpha value is -0.890. The lowest BCUT2D eigenvalue weighted by Crippen LogP contribution is -2.26. The summed E-state index contributed by atoms with van der Waals surface area (Å²) < 4.78 is 41.4. The van der Waals surface area contributed by atoms with E-state index < -0.39 is 26.1 Å². The summed E-state index contributed by atoms with van der Waals surface area (Å²) >= 11 is -1.37. The van der Waals surface area contributed by atoms with Crippen LogP contribution < -0.4 is 4.72 Å². The fourth-order valence-electron chi connectivity index (χ4n) is 1.32. The van der Waals surface area contributed by atoms with Gasteiger partial charge in [0.1, 0.15) is 16.1 Å². The molecular weight excluding hydrogens is 296 g/mol. The van der Waals surface area contributed by atoms with Crippen LogP contribution >= 0.6 is 0 Å². The molecule has 112 valence electrons. The van der Waals surface area contributed by atoms with Crippen molar-refractivity contribution in [2.75, 3.05) is 7.05 Å². The maximum atomic E-state index is 12.0. The summed E-state index contributed by atoms with van der Waals surface area (Å²) in [5.41, 5.74) is 1.19. The molecule has 1 N–H and O–H groups in total. The zero-order chi connectivity index (χ0) is 15.6. The fraction of sp³-hybridized carbons (Fsp3) is 0.462. The largest absolute Gasteiger partial charge is 0.591 e. The number of sulfonamides is 1. The van der Waals surface area contributed by atoms with Crippen LogP contribution in [-0.4, -0.2) is 30.5 Å². The Balaban J connectivity index is 3.16. The van der Waals surface area contributed by atoms with Crippen LogP contribution in [0.4, 0.5) is 0 Å². The first kappa shape index (κ1) is 17.2. The molecule has 0 saturated heterocycles. The number of rotatable bonds is 4. The van der Waals surface area contributed by atoms with Crippen LogP contribution in [0.1, 0.15) is 33.3 Å². The maximum Gasteiger partial charge on any atom is 0.240 e. The van der Waals surface area contributed by atoms with E-state index in [1.165, 1.54) is 19.2 Å². The third-order valence-corrected chi connectivity index (χ3v) is 5.47. The highest BCUT2D eigenvalue weighted by Crippen LogP contribution is 2.19. The Kier molecular flexibility index (Phi) is 5.37. The Morgan fingerprint density at radius 1 is 1.35 bits per heavy atom. The maximum absolute atomic E-state index is 12.0. The third-order valence-electron chi connectivity index (χ3n) is 2.57. The smallest absolute Gasteiger partial charge is 0.240 e. The molecule has 7 heteroatoms. The Morgan fingerprint density at radius 2 is 1.95 bits per heavy atom. The Morgan fingerprint density at radius 3 is 2.45 bits per heavy atom. The average Bonchev–Trinajstić information content (AvgIpc) is 2.37. The van der Waals surface area contributed by atoms with Gasteiger partial charge >= 0.3 is 0 Å². The van der Waals surface area contributed by atoms with Crippen molar-refractivity contribution in [2.45, 2.75) is 37.3 Å². The van der Waals surface area contributed by atoms with Gasteiger partial charge in [-0.05, 0) is 46.9 Å². The zero-order valence-electron chi connectivity index (χ0n) is 12.3. The van der Waals surface area contributed by atoms with Crippen molar-refractivity contribution in [3.63, 3.8) is 0 Å². The second kappa shape index (κ2) is 6.26. The summed E-state index contributed by atoms with van der Waals surface area (Å²) in [6.45, 7) is 7.22. The molecule has 5 nitrogen and oxygen atoms in total. The summed E-state index contributed by atoms with van der Waals surface area (Å²) in [6, 6.07) is 6.40. The van der Waals surface area contributed by atoms with Crippen LogP contribution in [-0.2, 0) is 21.4 Å². The van der Waals surface area contributed by atoms with Gasteiger partial charge < -0.3 is 4.55 Å². The van der Waals surface area contributed by atoms with E-state index in [4.69, 9.17) is 0 Å². The van der Waals surface area contributed by atoms with Gasteiger partial charge in [0.2, 0.25) is 10.0 Å². The topological polar surface area (TPSA) is 81.6 Å². The molecule has 20 heavy (non-hydrogen) atoms. The van der Waals surface area contributed by atoms with E-state index in [1.54, 1.807) is 19.1 Å². The first-order valence-corrected chi connectivity index (χ1v) is 8.68. The first-order chi connectivity index (χ1) is 9.08. The number of hydrogen-bond donors (Lipinski definition) is 1. The molecule has 1 aromatic rings. The molecule has 0 amide bonds. The SMILES string of the molecule is CNS(=O)(=O)c1cccc(C(C)=N[S+]([O-])C(C)(C)C)c1. The standard InChI is InChI=1S/C13H20N2O3S2/c1-10(15-19(16)13(2,3)4)11-7-6-8-12(9-11)20(17,18)14-5/h6-9,14H,1-5H3. The van der Waals surface area contributed by atoms with Gasteiger partial charge in [-0.1, -0.05) is 16.5 Å². The molecule has 0 aliphatic carbocycles. The molecule has 1 unspecified atom stereocenters. The van der Waals surface area contributed by atoms with Crippen molar-refractivity contribution in [3.8, 4) is 0 Å². The summed E-state index contributed by atoms with van der Waals surface area (Å²) in [6.07, 6.45) is 0. The lowest BCUT2D eigenvalue weighted by atomic mass is 10.1. The molecule has 1 aromatic carbocycles. The van der Waals surface area contributed by atoms with E-state index in [2.05, 4.69) is 9.12 Å². The van der Waals surface area contributed by atoms with Crippen molar-refractivity contribution in [1.29, 1.82) is 0 Å². The highest BCUT2D eigenvalue weighted by Gasteiger charge is 2.26. The van der Waals surface area contributed by atoms with Gasteiger partial charge in [0.25, 0.3) is 0 Å². The van der Waals surface area contributed by atoms with Crippen LogP contribution in [0, 0.1) is 0 Å². The quantitative estimate of drug-likeness (QED) is 0.680. The van der Waals surface area contributed by atoms with Crippen LogP contribution in [0.3, 0.4) is 0 Å². The van der Waals surface area contributed by atoms with Crippen molar-refractivity contribution >= 4 is 27.1 Å². The van der Waals surface area contributed by atoms with E-state index in [1.807, 2.05) is 20.8 Å². The van der Waals surface area contributed by atoms with Crippen molar-refractivity contribution < 1.29 is 13.0 Å². The molecule has 1 atom stereocenters. The van der Waals surface area contributed by atoms with Crippen LogP contribution in [0.15, 0.2) is 33.6 Å². The summed E-state index contributed by atoms with van der Waals surface area (Å²) in [4.78, 5) is 0.161. The van der Waals surface area contributed by atoms with Gasteiger partial charge in [-0.2, -0.15) is 0 Å². The van der Waals surface area contributed by atoms with Gasteiger partial charge in [-0.3, -0.25) is 0 Å². The minimum atomic E-state index is -3.49. The van der Waals surface area contributed by atoms with E-state index in [-0.39, 0.29) is 4.90 Å². The number of hydrogen-bond acceptors (Lipinski definition) is 4. The van der Waals surface area contributed by atoms with Crippen LogP contribution in [0.5, 0.6) is 0 Å². The van der Waals surface area contributed by atoms with Gasteiger partial charge in [0.15, 0.2) is 0 Å². The van der Waals surface area contributed by atoms with E-state index in [0.29, 0.717) is 11.3 Å². The lowest BCUT2D eigenvalue weighted by Gasteiger charge is -2.18. The van der Waals surface area contributed by atoms with Gasteiger partial charge in [-0.15, -0.1) is 0 Å². The summed E-state index contributed by atoms with van der Waals surface area (Å²) in [7, 11) is -2.13. The number of nitrogens with one attached hydrogen (secondary N) is 1. The predicted octanol–water partition coefficient (Wildman–Crippen LogP) is 1.87. The molecule has 0 aromatic heterocycles. The molecule has 0 saturated carbocycles.